The molecule has 1 heterocycles. The van der Waals surface area contributed by atoms with Crippen LogP contribution in [0.15, 0.2) is 30.3 Å². The maximum Gasteiger partial charge on any atom is 0.303 e. The maximum absolute atomic E-state index is 11.0. The summed E-state index contributed by atoms with van der Waals surface area (Å²) in [6, 6.07) is 8.62. The van der Waals surface area contributed by atoms with Crippen LogP contribution in [0.4, 0.5) is 0 Å². The van der Waals surface area contributed by atoms with Gasteiger partial charge in [-0.2, -0.15) is 0 Å². The van der Waals surface area contributed by atoms with Crippen molar-refractivity contribution in [2.75, 3.05) is 0 Å². The topological polar surface area (TPSA) is 88.2 Å². The quantitative estimate of drug-likeness (QED) is 0.718. The van der Waals surface area contributed by atoms with Gasteiger partial charge in [0.1, 0.15) is 22.5 Å². The molecule has 0 aliphatic heterocycles. The van der Waals surface area contributed by atoms with Gasteiger partial charge in [-0.3, -0.25) is 4.79 Å². The summed E-state index contributed by atoms with van der Waals surface area (Å²) in [5.41, 5.74) is 3.20. The van der Waals surface area contributed by atoms with Crippen molar-refractivity contribution in [3.63, 3.8) is 0 Å². The molecular formula is C19H20ClN3O3. The molecule has 0 unspecified atom stereocenters. The van der Waals surface area contributed by atoms with E-state index in [1.54, 1.807) is 30.3 Å². The van der Waals surface area contributed by atoms with Gasteiger partial charge in [-0.15, -0.1) is 15.0 Å². The number of halogens is 1. The van der Waals surface area contributed by atoms with Crippen LogP contribution in [0, 0.1) is 0 Å². The van der Waals surface area contributed by atoms with Gasteiger partial charge in [-0.25, -0.2) is 0 Å². The highest BCUT2D eigenvalue weighted by Gasteiger charge is 2.22. The Balaban J connectivity index is 2.13. The van der Waals surface area contributed by atoms with E-state index in [4.69, 9.17) is 16.7 Å². The number of hydrogen-bond donors (Lipinski definition) is 2. The van der Waals surface area contributed by atoms with Gasteiger partial charge < -0.3 is 10.2 Å². The minimum atomic E-state index is -0.864. The predicted octanol–water partition coefficient (Wildman–Crippen LogP) is 4.09. The normalized spacial score (nSPS) is 11.8. The molecule has 26 heavy (non-hydrogen) atoms. The number of benzene rings is 2. The van der Waals surface area contributed by atoms with Crippen LogP contribution >= 0.6 is 11.6 Å². The highest BCUT2D eigenvalue weighted by Crippen LogP contribution is 2.34. The Morgan fingerprint density at radius 3 is 2.50 bits per heavy atom. The number of carbonyl (C=O) groups is 1. The number of carboxylic acid groups (broad SMARTS) is 1. The Bertz CT molecular complexity index is 990. The van der Waals surface area contributed by atoms with E-state index >= 15 is 0 Å². The third-order valence-electron chi connectivity index (χ3n) is 4.17. The minimum absolute atomic E-state index is 0.0113. The van der Waals surface area contributed by atoms with Crippen molar-refractivity contribution >= 4 is 28.6 Å². The monoisotopic (exact) mass is 373 g/mol. The van der Waals surface area contributed by atoms with Crippen molar-refractivity contribution in [3.8, 4) is 11.4 Å². The van der Waals surface area contributed by atoms with Gasteiger partial charge in [0.25, 0.3) is 0 Å². The van der Waals surface area contributed by atoms with E-state index in [1.807, 2.05) is 20.8 Å². The SMILES string of the molecule is CC(C)(C)c1cc(O)c(-n2nc3ccc(Cl)cc3n2)cc1CCC(=O)O. The second-order valence-electron chi connectivity index (χ2n) is 7.26. The summed E-state index contributed by atoms with van der Waals surface area (Å²) in [5, 5.41) is 28.9. The van der Waals surface area contributed by atoms with Crippen molar-refractivity contribution in [3.05, 3.63) is 46.5 Å². The van der Waals surface area contributed by atoms with Gasteiger partial charge in [0.15, 0.2) is 0 Å². The standard InChI is InChI=1S/C19H20ClN3O3/c1-19(2,3)13-10-17(24)16(8-11(13)4-7-18(25)26)23-21-14-6-5-12(20)9-15(14)22-23/h5-6,8-10,24H,4,7H2,1-3H3,(H,25,26). The fourth-order valence-corrected chi connectivity index (χ4v) is 3.09. The minimum Gasteiger partial charge on any atom is -0.506 e. The van der Waals surface area contributed by atoms with Crippen molar-refractivity contribution in [1.82, 2.24) is 15.0 Å². The summed E-state index contributed by atoms with van der Waals surface area (Å²) < 4.78 is 0. The smallest absolute Gasteiger partial charge is 0.303 e. The summed E-state index contributed by atoms with van der Waals surface area (Å²) in [6.45, 7) is 6.07. The lowest BCUT2D eigenvalue weighted by Crippen LogP contribution is -2.16. The molecule has 2 N–H and O–H groups in total. The van der Waals surface area contributed by atoms with Gasteiger partial charge >= 0.3 is 5.97 Å². The van der Waals surface area contributed by atoms with E-state index in [-0.39, 0.29) is 17.6 Å². The van der Waals surface area contributed by atoms with E-state index in [2.05, 4.69) is 10.2 Å². The van der Waals surface area contributed by atoms with Crippen LogP contribution < -0.4 is 0 Å². The number of nitrogens with zero attached hydrogens (tertiary/aromatic N) is 3. The van der Waals surface area contributed by atoms with Crippen molar-refractivity contribution in [2.45, 2.75) is 39.0 Å². The van der Waals surface area contributed by atoms with E-state index < -0.39 is 5.97 Å². The third-order valence-corrected chi connectivity index (χ3v) is 4.41. The molecule has 6 nitrogen and oxygen atoms in total. The highest BCUT2D eigenvalue weighted by molar-refractivity contribution is 6.31. The fourth-order valence-electron chi connectivity index (χ4n) is 2.92. The van der Waals surface area contributed by atoms with Gasteiger partial charge in [0.05, 0.1) is 0 Å². The average Bonchev–Trinajstić information content (AvgIpc) is 2.95. The first-order chi connectivity index (χ1) is 12.1. The van der Waals surface area contributed by atoms with Crippen LogP contribution in [0.25, 0.3) is 16.7 Å². The fraction of sp³-hybridized carbons (Fsp3) is 0.316. The average molecular weight is 374 g/mol. The molecule has 2 aromatic carbocycles. The summed E-state index contributed by atoms with van der Waals surface area (Å²) in [4.78, 5) is 12.4. The number of carboxylic acids is 1. The largest absolute Gasteiger partial charge is 0.506 e. The first-order valence-corrected chi connectivity index (χ1v) is 8.64. The molecule has 0 fully saturated rings. The Morgan fingerprint density at radius 2 is 1.85 bits per heavy atom. The lowest BCUT2D eigenvalue weighted by Gasteiger charge is -2.24. The van der Waals surface area contributed by atoms with E-state index in [0.717, 1.165) is 11.1 Å². The van der Waals surface area contributed by atoms with E-state index in [0.29, 0.717) is 28.2 Å². The van der Waals surface area contributed by atoms with Crippen molar-refractivity contribution in [2.24, 2.45) is 0 Å². The molecule has 7 heteroatoms. The van der Waals surface area contributed by atoms with Gasteiger partial charge in [0.2, 0.25) is 0 Å². The number of phenolic OH excluding ortho intramolecular Hbond substituents is 1. The number of hydrogen-bond acceptors (Lipinski definition) is 4. The number of aliphatic carboxylic acids is 1. The van der Waals surface area contributed by atoms with Crippen molar-refractivity contribution in [1.29, 1.82) is 0 Å². The molecule has 0 aliphatic rings. The molecular weight excluding hydrogens is 354 g/mol. The Hall–Kier alpha value is -2.60. The lowest BCUT2D eigenvalue weighted by molar-refractivity contribution is -0.136. The number of aromatic hydroxyl groups is 1. The van der Waals surface area contributed by atoms with E-state index in [9.17, 15) is 9.90 Å². The molecule has 0 spiro atoms. The number of phenols is 1. The Labute approximate surface area is 156 Å². The molecule has 3 aromatic rings. The molecule has 0 saturated heterocycles. The first-order valence-electron chi connectivity index (χ1n) is 8.26. The summed E-state index contributed by atoms with van der Waals surface area (Å²) in [7, 11) is 0. The Morgan fingerprint density at radius 1 is 1.15 bits per heavy atom. The summed E-state index contributed by atoms with van der Waals surface area (Å²) >= 11 is 5.99. The summed E-state index contributed by atoms with van der Waals surface area (Å²) in [5.74, 6) is -0.822. The molecule has 0 amide bonds. The zero-order valence-electron chi connectivity index (χ0n) is 14.8. The molecule has 1 aromatic heterocycles. The Kier molecular flexibility index (Phi) is 4.63. The molecule has 0 radical (unpaired) electrons. The lowest BCUT2D eigenvalue weighted by atomic mass is 9.82. The molecule has 0 bridgehead atoms. The van der Waals surface area contributed by atoms with Crippen LogP contribution in [-0.2, 0) is 16.6 Å². The maximum atomic E-state index is 11.0. The van der Waals surface area contributed by atoms with Crippen LogP contribution in [0.1, 0.15) is 38.3 Å². The van der Waals surface area contributed by atoms with Crippen LogP contribution in [0.5, 0.6) is 5.75 Å². The summed E-state index contributed by atoms with van der Waals surface area (Å²) in [6.07, 6.45) is 0.374. The molecule has 136 valence electrons. The number of rotatable bonds is 4. The molecule has 0 aliphatic carbocycles. The molecule has 3 rings (SSSR count). The zero-order valence-corrected chi connectivity index (χ0v) is 15.6. The number of fused-ring (bicyclic) bond motifs is 1. The number of aromatic nitrogens is 3. The van der Waals surface area contributed by atoms with Crippen LogP contribution in [0.3, 0.4) is 0 Å². The highest BCUT2D eigenvalue weighted by atomic mass is 35.5. The van der Waals surface area contributed by atoms with Gasteiger partial charge in [-0.05, 0) is 53.3 Å². The van der Waals surface area contributed by atoms with Crippen LogP contribution in [0.2, 0.25) is 5.02 Å². The van der Waals surface area contributed by atoms with Gasteiger partial charge in [-0.1, -0.05) is 32.4 Å². The van der Waals surface area contributed by atoms with Crippen molar-refractivity contribution < 1.29 is 15.0 Å². The van der Waals surface area contributed by atoms with Crippen LogP contribution in [-0.4, -0.2) is 31.2 Å². The predicted molar refractivity (Wildman–Crippen MR) is 100 cm³/mol. The zero-order chi connectivity index (χ0) is 19.1. The second kappa shape index (κ2) is 6.61. The molecule has 0 saturated carbocycles. The van der Waals surface area contributed by atoms with Gasteiger partial charge in [0, 0.05) is 11.4 Å². The van der Waals surface area contributed by atoms with E-state index in [1.165, 1.54) is 4.80 Å². The first kappa shape index (κ1) is 18.2. The third kappa shape index (κ3) is 3.65. The second-order valence-corrected chi connectivity index (χ2v) is 7.70. The molecule has 0 atom stereocenters. The number of aryl methyl sites for hydroxylation is 1.